The Hall–Kier alpha value is -3.03. The Kier molecular flexibility index (Phi) is 7.92. The number of nitrogens with zero attached hydrogens (tertiary/aromatic N) is 1. The van der Waals surface area contributed by atoms with E-state index < -0.39 is 51.1 Å². The van der Waals surface area contributed by atoms with Crippen molar-refractivity contribution >= 4 is 28.7 Å². The van der Waals surface area contributed by atoms with Crippen molar-refractivity contribution in [2.45, 2.75) is 67.6 Å². The van der Waals surface area contributed by atoms with E-state index in [1.807, 2.05) is 22.6 Å². The van der Waals surface area contributed by atoms with Gasteiger partial charge in [-0.25, -0.2) is 9.18 Å². The van der Waals surface area contributed by atoms with Gasteiger partial charge < -0.3 is 9.47 Å². The molecule has 0 spiro atoms. The molecule has 230 valence electrons. The lowest BCUT2D eigenvalue weighted by Crippen LogP contribution is -2.38. The second-order valence-corrected chi connectivity index (χ2v) is 13.0. The summed E-state index contributed by atoms with van der Waals surface area (Å²) < 4.78 is 107. The Bertz CT molecular complexity index is 1590. The van der Waals surface area contributed by atoms with Crippen LogP contribution in [0.4, 0.5) is 35.5 Å². The molecule has 0 saturated carbocycles. The molecule has 0 bridgehead atoms. The molecule has 3 atom stereocenters. The van der Waals surface area contributed by atoms with Gasteiger partial charge in [-0.3, -0.25) is 4.90 Å². The van der Waals surface area contributed by atoms with Crippen LogP contribution < -0.4 is 4.74 Å². The minimum Gasteiger partial charge on any atom is -0.496 e. The van der Waals surface area contributed by atoms with Crippen LogP contribution in [0.25, 0.3) is 11.1 Å². The van der Waals surface area contributed by atoms with Gasteiger partial charge >= 0.3 is 18.4 Å². The third-order valence-corrected chi connectivity index (χ3v) is 9.62. The Morgan fingerprint density at radius 2 is 1.65 bits per heavy atom. The number of aryl methyl sites for hydroxylation is 1. The first-order valence-electron chi connectivity index (χ1n) is 13.4. The van der Waals surface area contributed by atoms with Crippen LogP contribution in [-0.4, -0.2) is 21.6 Å². The molecule has 0 radical (unpaired) electrons. The van der Waals surface area contributed by atoms with E-state index >= 15 is 0 Å². The second kappa shape index (κ2) is 10.8. The molecular formula is C31H27F7INO3. The molecule has 2 aliphatic rings. The molecule has 43 heavy (non-hydrogen) atoms. The minimum absolute atomic E-state index is 0.1000. The molecule has 4 nitrogen and oxygen atoms in total. The van der Waals surface area contributed by atoms with Gasteiger partial charge in [-0.05, 0) is 78.3 Å². The fraction of sp³-hybridized carbons (Fsp3) is 0.387. The van der Waals surface area contributed by atoms with Crippen molar-refractivity contribution in [2.75, 3.05) is 7.11 Å². The molecule has 0 N–H and O–H groups in total. The predicted molar refractivity (Wildman–Crippen MR) is 153 cm³/mol. The SMILES string of the molecule is COc1cc(F)c(C(C)C)cc1-c1ccc(C(F)(F)F)cc1[C@@H]1CCC2(I)[C@@H](c3cc(C)cc(C(F)(F)F)c3)OC(=O)N12. The Balaban J connectivity index is 1.66. The topological polar surface area (TPSA) is 38.8 Å². The fourth-order valence-electron chi connectivity index (χ4n) is 6.03. The second-order valence-electron chi connectivity index (χ2n) is 11.2. The fourth-order valence-corrected chi connectivity index (χ4v) is 7.36. The lowest BCUT2D eigenvalue weighted by atomic mass is 9.89. The molecule has 0 aromatic heterocycles. The maximum Gasteiger partial charge on any atom is 0.416 e. The van der Waals surface area contributed by atoms with Crippen LogP contribution in [0.2, 0.25) is 0 Å². The van der Waals surface area contributed by atoms with E-state index in [-0.39, 0.29) is 35.6 Å². The molecule has 5 rings (SSSR count). The lowest BCUT2D eigenvalue weighted by molar-refractivity contribution is -0.138. The molecule has 2 heterocycles. The Morgan fingerprint density at radius 3 is 2.26 bits per heavy atom. The van der Waals surface area contributed by atoms with Crippen LogP contribution in [-0.2, 0) is 17.1 Å². The first-order valence-corrected chi connectivity index (χ1v) is 14.5. The van der Waals surface area contributed by atoms with Crippen LogP contribution in [0.3, 0.4) is 0 Å². The number of alkyl halides is 7. The number of methoxy groups -OCH3 is 1. The summed E-state index contributed by atoms with van der Waals surface area (Å²) in [5.74, 6) is -0.678. The van der Waals surface area contributed by atoms with Gasteiger partial charge in [0.2, 0.25) is 0 Å². The van der Waals surface area contributed by atoms with E-state index in [4.69, 9.17) is 9.47 Å². The van der Waals surface area contributed by atoms with Crippen LogP contribution >= 0.6 is 22.6 Å². The number of rotatable bonds is 5. The Morgan fingerprint density at radius 1 is 0.977 bits per heavy atom. The van der Waals surface area contributed by atoms with E-state index in [1.54, 1.807) is 13.8 Å². The van der Waals surface area contributed by atoms with Crippen molar-refractivity contribution in [3.63, 3.8) is 0 Å². The van der Waals surface area contributed by atoms with Gasteiger partial charge in [0.1, 0.15) is 15.1 Å². The average Bonchev–Trinajstić information content (AvgIpc) is 3.39. The van der Waals surface area contributed by atoms with Gasteiger partial charge in [-0.15, -0.1) is 0 Å². The summed E-state index contributed by atoms with van der Waals surface area (Å²) in [6.07, 6.45) is -10.8. The van der Waals surface area contributed by atoms with Gasteiger partial charge in [0.15, 0.2) is 6.10 Å². The van der Waals surface area contributed by atoms with Gasteiger partial charge in [0.25, 0.3) is 0 Å². The number of carbonyl (C=O) groups excluding carboxylic acids is 1. The molecule has 3 aromatic carbocycles. The molecule has 2 fully saturated rings. The molecule has 2 saturated heterocycles. The number of benzene rings is 3. The van der Waals surface area contributed by atoms with Gasteiger partial charge in [-0.2, -0.15) is 26.3 Å². The number of hydrogen-bond acceptors (Lipinski definition) is 3. The minimum atomic E-state index is -4.70. The third kappa shape index (κ3) is 5.55. The van der Waals surface area contributed by atoms with Crippen molar-refractivity contribution in [2.24, 2.45) is 0 Å². The smallest absolute Gasteiger partial charge is 0.416 e. The predicted octanol–water partition coefficient (Wildman–Crippen LogP) is 10.1. The number of cyclic esters (lactones) is 1. The molecule has 12 heteroatoms. The first-order chi connectivity index (χ1) is 20.0. The van der Waals surface area contributed by atoms with E-state index in [0.29, 0.717) is 22.3 Å². The normalized spacial score (nSPS) is 22.3. The average molecular weight is 721 g/mol. The quantitative estimate of drug-likeness (QED) is 0.114. The lowest BCUT2D eigenvalue weighted by Gasteiger charge is -2.31. The van der Waals surface area contributed by atoms with Crippen LogP contribution in [0.5, 0.6) is 5.75 Å². The summed E-state index contributed by atoms with van der Waals surface area (Å²) in [6, 6.07) is 8.40. The zero-order chi connectivity index (χ0) is 31.6. The van der Waals surface area contributed by atoms with Crippen molar-refractivity contribution in [3.8, 4) is 16.9 Å². The highest BCUT2D eigenvalue weighted by Gasteiger charge is 2.61. The largest absolute Gasteiger partial charge is 0.496 e. The molecule has 3 aromatic rings. The number of amides is 1. The standard InChI is InChI=1S/C31H27F7INO3/c1-15(2)21-13-23(26(42-4)14-24(21)32)20-6-5-18(30(33,34)35)12-22(20)25-7-8-29(39)27(43-28(41)40(25)29)17-9-16(3)10-19(11-17)31(36,37)38/h5-6,9-15,25,27H,7-8H2,1-4H3/t25-,27+,29?/m0/s1. The zero-order valence-electron chi connectivity index (χ0n) is 23.5. The summed E-state index contributed by atoms with van der Waals surface area (Å²) in [5.41, 5.74) is -0.245. The number of ether oxygens (including phenoxy) is 2. The molecule has 0 aliphatic carbocycles. The molecule has 1 amide bonds. The maximum atomic E-state index is 14.8. The monoisotopic (exact) mass is 721 g/mol. The van der Waals surface area contributed by atoms with Crippen molar-refractivity contribution in [1.29, 1.82) is 0 Å². The van der Waals surface area contributed by atoms with Gasteiger partial charge in [0.05, 0.1) is 24.3 Å². The van der Waals surface area contributed by atoms with Crippen LogP contribution in [0.1, 0.15) is 78.1 Å². The highest BCUT2D eigenvalue weighted by molar-refractivity contribution is 14.1. The van der Waals surface area contributed by atoms with E-state index in [9.17, 15) is 35.5 Å². The molecule has 1 unspecified atom stereocenters. The third-order valence-electron chi connectivity index (χ3n) is 8.00. The number of carbonyl (C=O) groups is 1. The Labute approximate surface area is 257 Å². The zero-order valence-corrected chi connectivity index (χ0v) is 25.6. The maximum absolute atomic E-state index is 14.8. The molecule has 2 aliphatic heterocycles. The van der Waals surface area contributed by atoms with E-state index in [2.05, 4.69) is 0 Å². The highest BCUT2D eigenvalue weighted by Crippen LogP contribution is 2.59. The summed E-state index contributed by atoms with van der Waals surface area (Å²) in [5, 5.41) is 0. The van der Waals surface area contributed by atoms with E-state index in [0.717, 1.165) is 24.3 Å². The van der Waals surface area contributed by atoms with Crippen LogP contribution in [0, 0.1) is 12.7 Å². The number of halogens is 8. The van der Waals surface area contributed by atoms with Crippen LogP contribution in [0.15, 0.2) is 48.5 Å². The van der Waals surface area contributed by atoms with Crippen molar-refractivity contribution < 1.29 is 45.0 Å². The number of fused-ring (bicyclic) bond motifs is 1. The van der Waals surface area contributed by atoms with Crippen molar-refractivity contribution in [3.05, 3.63) is 87.7 Å². The summed E-state index contributed by atoms with van der Waals surface area (Å²) >= 11 is 1.97. The van der Waals surface area contributed by atoms with Crippen molar-refractivity contribution in [1.82, 2.24) is 4.90 Å². The summed E-state index contributed by atoms with van der Waals surface area (Å²) in [6.45, 7) is 5.06. The van der Waals surface area contributed by atoms with Gasteiger partial charge in [0, 0.05) is 11.6 Å². The highest BCUT2D eigenvalue weighted by atomic mass is 127. The van der Waals surface area contributed by atoms with E-state index in [1.165, 1.54) is 43.2 Å². The number of hydrogen-bond donors (Lipinski definition) is 0. The summed E-state index contributed by atoms with van der Waals surface area (Å²) in [4.78, 5) is 14.7. The van der Waals surface area contributed by atoms with Gasteiger partial charge in [-0.1, -0.05) is 54.1 Å². The first kappa shape index (κ1) is 31.4. The summed E-state index contributed by atoms with van der Waals surface area (Å²) in [7, 11) is 1.32. The molecular weight excluding hydrogens is 694 g/mol.